The Bertz CT molecular complexity index is 1250. The molecule has 7 nitrogen and oxygen atoms in total. The lowest BCUT2D eigenvalue weighted by Crippen LogP contribution is -2.11. The summed E-state index contributed by atoms with van der Waals surface area (Å²) in [6.45, 7) is 0.198. The van der Waals surface area contributed by atoms with Gasteiger partial charge in [0, 0.05) is 29.2 Å². The zero-order valence-corrected chi connectivity index (χ0v) is 20.4. The molecule has 188 valence electrons. The first-order valence-corrected chi connectivity index (χ1v) is 13.0. The summed E-state index contributed by atoms with van der Waals surface area (Å²) < 4.78 is 60.7. The second kappa shape index (κ2) is 12.2. The van der Waals surface area contributed by atoms with Crippen molar-refractivity contribution >= 4 is 35.1 Å². The van der Waals surface area contributed by atoms with E-state index in [1.54, 1.807) is 30.5 Å². The fourth-order valence-electron chi connectivity index (χ4n) is 3.08. The first kappa shape index (κ1) is 25.9. The lowest BCUT2D eigenvalue weighted by molar-refractivity contribution is -0.0328. The Hall–Kier alpha value is -3.22. The number of ether oxygens (including phenoxy) is 1. The van der Waals surface area contributed by atoms with Crippen LogP contribution < -0.4 is 4.74 Å². The second-order valence-electron chi connectivity index (χ2n) is 7.56. The minimum atomic E-state index is -4.31. The highest BCUT2D eigenvalue weighted by molar-refractivity contribution is 8.00. The number of H-pyrrole nitrogens is 1. The van der Waals surface area contributed by atoms with E-state index >= 15 is 0 Å². The molecule has 2 heterocycles. The van der Waals surface area contributed by atoms with E-state index < -0.39 is 16.7 Å². The highest BCUT2D eigenvalue weighted by Crippen LogP contribution is 2.36. The molecule has 36 heavy (non-hydrogen) atoms. The third-order valence-electron chi connectivity index (χ3n) is 4.79. The molecular weight excluding hydrogens is 513 g/mol. The van der Waals surface area contributed by atoms with E-state index in [4.69, 9.17) is 9.15 Å². The van der Waals surface area contributed by atoms with Gasteiger partial charge in [0.05, 0.1) is 5.69 Å². The number of benzene rings is 2. The van der Waals surface area contributed by atoms with Crippen LogP contribution in [0.25, 0.3) is 12.2 Å². The predicted octanol–water partition coefficient (Wildman–Crippen LogP) is 5.65. The Morgan fingerprint density at radius 1 is 1.06 bits per heavy atom. The smallest absolute Gasteiger partial charge is 0.446 e. The molecule has 0 radical (unpaired) electrons. The van der Waals surface area contributed by atoms with Gasteiger partial charge in [-0.1, -0.05) is 29.5 Å². The largest absolute Gasteiger partial charge is 0.616 e. The molecule has 0 fully saturated rings. The number of aromatic nitrogens is 4. The molecule has 12 heteroatoms. The second-order valence-corrected chi connectivity index (χ2v) is 10.3. The molecule has 1 unspecified atom stereocenters. The lowest BCUT2D eigenvalue weighted by Gasteiger charge is -2.11. The molecule has 1 N–H and O–H groups in total. The van der Waals surface area contributed by atoms with Gasteiger partial charge in [-0.3, -0.25) is 5.10 Å². The fourth-order valence-corrected chi connectivity index (χ4v) is 4.76. The van der Waals surface area contributed by atoms with Crippen LogP contribution in [-0.2, 0) is 30.0 Å². The molecule has 0 saturated heterocycles. The third-order valence-corrected chi connectivity index (χ3v) is 6.85. The van der Waals surface area contributed by atoms with Crippen LogP contribution >= 0.6 is 11.8 Å². The Morgan fingerprint density at radius 3 is 2.53 bits per heavy atom. The Balaban J connectivity index is 1.22. The molecule has 0 saturated carbocycles. The molecule has 0 amide bonds. The number of halogens is 3. The van der Waals surface area contributed by atoms with Gasteiger partial charge in [-0.2, -0.15) is 13.2 Å². The molecule has 0 aliphatic carbocycles. The van der Waals surface area contributed by atoms with Crippen LogP contribution in [0.1, 0.15) is 28.4 Å². The SMILES string of the molecule is [O-][S+](CCc1c[nH]nn1)Cc1ccc(OCc2coc(C=Cc3ccc(SC(F)(F)F)cc3)n2)cc1. The van der Waals surface area contributed by atoms with Crippen LogP contribution in [0.2, 0.25) is 0 Å². The molecule has 2 aromatic heterocycles. The average Bonchev–Trinajstić information content (AvgIpc) is 3.53. The van der Waals surface area contributed by atoms with E-state index in [0.29, 0.717) is 35.3 Å². The number of aryl methyl sites for hydroxylation is 1. The minimum absolute atomic E-state index is 0.124. The number of thioether (sulfide) groups is 1. The molecule has 2 aromatic carbocycles. The van der Waals surface area contributed by atoms with Crippen LogP contribution in [0.15, 0.2) is 70.3 Å². The molecule has 0 bridgehead atoms. The van der Waals surface area contributed by atoms with Crippen LogP contribution in [-0.4, -0.2) is 36.2 Å². The Morgan fingerprint density at radius 2 is 1.83 bits per heavy atom. The monoisotopic (exact) mass is 534 g/mol. The number of nitrogens with one attached hydrogen (secondary N) is 1. The summed E-state index contributed by atoms with van der Waals surface area (Å²) in [5.41, 5.74) is -1.27. The van der Waals surface area contributed by atoms with Crippen molar-refractivity contribution in [2.75, 3.05) is 5.75 Å². The summed E-state index contributed by atoms with van der Waals surface area (Å²) in [5.74, 6) is 1.95. The number of rotatable bonds is 11. The molecular formula is C24H21F3N4O3S2. The average molecular weight is 535 g/mol. The highest BCUT2D eigenvalue weighted by atomic mass is 32.2. The zero-order valence-electron chi connectivity index (χ0n) is 18.8. The van der Waals surface area contributed by atoms with E-state index in [1.165, 1.54) is 18.4 Å². The highest BCUT2D eigenvalue weighted by Gasteiger charge is 2.28. The van der Waals surface area contributed by atoms with E-state index in [0.717, 1.165) is 16.8 Å². The van der Waals surface area contributed by atoms with Crippen LogP contribution in [0.3, 0.4) is 0 Å². The number of nitrogens with zero attached hydrogens (tertiary/aromatic N) is 3. The van der Waals surface area contributed by atoms with Crippen molar-refractivity contribution in [3.05, 3.63) is 89.4 Å². The number of aromatic amines is 1. The number of hydrogen-bond acceptors (Lipinski definition) is 7. The number of oxazole rings is 1. The van der Waals surface area contributed by atoms with Gasteiger partial charge in [-0.05, 0) is 58.8 Å². The van der Waals surface area contributed by atoms with Crippen LogP contribution in [0.5, 0.6) is 5.75 Å². The molecule has 4 rings (SSSR count). The van der Waals surface area contributed by atoms with Crippen LogP contribution in [0.4, 0.5) is 13.2 Å². The molecule has 1 atom stereocenters. The van der Waals surface area contributed by atoms with E-state index in [2.05, 4.69) is 20.4 Å². The summed E-state index contributed by atoms with van der Waals surface area (Å²) in [6.07, 6.45) is 7.11. The van der Waals surface area contributed by atoms with Crippen molar-refractivity contribution in [3.8, 4) is 5.75 Å². The normalized spacial score (nSPS) is 12.8. The first-order chi connectivity index (χ1) is 17.3. The molecule has 4 aromatic rings. The van der Waals surface area contributed by atoms with Crippen molar-refractivity contribution in [2.24, 2.45) is 0 Å². The Kier molecular flexibility index (Phi) is 8.73. The zero-order chi connectivity index (χ0) is 25.4. The van der Waals surface area contributed by atoms with Gasteiger partial charge >= 0.3 is 5.51 Å². The maximum absolute atomic E-state index is 12.4. The first-order valence-electron chi connectivity index (χ1n) is 10.7. The van der Waals surface area contributed by atoms with E-state index in [1.807, 2.05) is 24.3 Å². The summed E-state index contributed by atoms with van der Waals surface area (Å²) in [6, 6.07) is 13.4. The van der Waals surface area contributed by atoms with Gasteiger partial charge in [0.2, 0.25) is 5.89 Å². The van der Waals surface area contributed by atoms with E-state index in [-0.39, 0.29) is 23.3 Å². The van der Waals surface area contributed by atoms with E-state index in [9.17, 15) is 17.7 Å². The van der Waals surface area contributed by atoms with Crippen molar-refractivity contribution in [1.82, 2.24) is 20.4 Å². The van der Waals surface area contributed by atoms with Gasteiger partial charge < -0.3 is 13.7 Å². The fraction of sp³-hybridized carbons (Fsp3) is 0.208. The maximum atomic E-state index is 12.4. The summed E-state index contributed by atoms with van der Waals surface area (Å²) in [7, 11) is 0. The van der Waals surface area contributed by atoms with Crippen molar-refractivity contribution in [2.45, 2.75) is 29.2 Å². The van der Waals surface area contributed by atoms with Crippen molar-refractivity contribution in [1.29, 1.82) is 0 Å². The van der Waals surface area contributed by atoms with Gasteiger partial charge in [0.1, 0.15) is 35.8 Å². The number of alkyl halides is 3. The molecule has 0 spiro atoms. The molecule has 0 aliphatic rings. The van der Waals surface area contributed by atoms with Crippen molar-refractivity contribution < 1.29 is 26.9 Å². The maximum Gasteiger partial charge on any atom is 0.446 e. The number of hydrogen-bond donors (Lipinski definition) is 1. The summed E-state index contributed by atoms with van der Waals surface area (Å²) in [4.78, 5) is 4.45. The predicted molar refractivity (Wildman–Crippen MR) is 131 cm³/mol. The van der Waals surface area contributed by atoms with Gasteiger partial charge in [0.25, 0.3) is 0 Å². The Labute approximate surface area is 212 Å². The summed E-state index contributed by atoms with van der Waals surface area (Å²) >= 11 is -1.16. The van der Waals surface area contributed by atoms with Crippen molar-refractivity contribution in [3.63, 3.8) is 0 Å². The quantitative estimate of drug-likeness (QED) is 0.196. The minimum Gasteiger partial charge on any atom is -0.616 e. The standard InChI is InChI=1S/C24H21F3N4O3S2/c25-24(26,27)35-22-8-3-17(4-9-22)5-10-23-29-20(15-34-23)14-33-21-6-1-18(2-7-21)16-36(32)12-11-19-13-28-31-30-19/h1-10,13,15H,11-12,14,16H2,(H,28,30,31). The third kappa shape index (κ3) is 8.47. The van der Waals surface area contributed by atoms with Gasteiger partial charge in [-0.15, -0.1) is 5.10 Å². The van der Waals surface area contributed by atoms with Gasteiger partial charge in [-0.25, -0.2) is 4.98 Å². The lowest BCUT2D eigenvalue weighted by atomic mass is 10.2. The van der Waals surface area contributed by atoms with Crippen LogP contribution in [0, 0.1) is 0 Å². The van der Waals surface area contributed by atoms with Gasteiger partial charge in [0.15, 0.2) is 0 Å². The summed E-state index contributed by atoms with van der Waals surface area (Å²) in [5, 5.41) is 10.2. The topological polar surface area (TPSA) is 99.9 Å². The molecule has 0 aliphatic heterocycles.